The molecule has 0 aliphatic heterocycles. The van der Waals surface area contributed by atoms with Crippen LogP contribution in [0.25, 0.3) is 20.9 Å². The van der Waals surface area contributed by atoms with Crippen molar-refractivity contribution < 1.29 is 25.9 Å². The number of aryl methyl sites for hydroxylation is 2. The highest BCUT2D eigenvalue weighted by Crippen LogP contribution is 2.28. The van der Waals surface area contributed by atoms with Gasteiger partial charge in [-0.25, -0.2) is 0 Å². The van der Waals surface area contributed by atoms with Crippen molar-refractivity contribution in [2.45, 2.75) is 22.6 Å². The van der Waals surface area contributed by atoms with Crippen LogP contribution >= 0.6 is 0 Å². The molecule has 0 radical (unpaired) electrons. The maximum absolute atomic E-state index is 11.4. The van der Waals surface area contributed by atoms with Gasteiger partial charge in [0.1, 0.15) is 9.79 Å². The van der Waals surface area contributed by atoms with Gasteiger partial charge in [0.15, 0.2) is 0 Å². The van der Waals surface area contributed by atoms with Crippen LogP contribution in [-0.2, 0) is 33.1 Å². The Morgan fingerprint density at radius 2 is 1.11 bits per heavy atom. The molecule has 0 amide bonds. The van der Waals surface area contributed by atoms with Crippen LogP contribution in [0.2, 0.25) is 0 Å². The average Bonchev–Trinajstić information content (AvgIpc) is 2.60. The first kappa shape index (κ1) is 21.2. The van der Waals surface area contributed by atoms with Crippen molar-refractivity contribution in [2.75, 3.05) is 0 Å². The summed E-state index contributed by atoms with van der Waals surface area (Å²) in [6.45, 7) is 0. The van der Waals surface area contributed by atoms with Crippen LogP contribution in [-0.4, -0.2) is 25.9 Å². The highest BCUT2D eigenvalue weighted by Gasteiger charge is 2.17. The summed E-state index contributed by atoms with van der Waals surface area (Å²) in [5.74, 6) is 0. The predicted octanol–water partition coefficient (Wildman–Crippen LogP) is 3.85. The molecule has 2 aromatic rings. The van der Waals surface area contributed by atoms with Crippen molar-refractivity contribution in [3.05, 3.63) is 68.4 Å². The molecule has 146 valence electrons. The SMILES string of the molecule is [N-]=[N+]=Nc1ccc(CCc2ccc(N=[N+]=[N-])c(S(=O)(=O)O)c2)cc1S(=O)(=O)O. The minimum absolute atomic E-state index is 0.227. The summed E-state index contributed by atoms with van der Waals surface area (Å²) in [4.78, 5) is 3.88. The predicted molar refractivity (Wildman–Crippen MR) is 97.5 cm³/mol. The minimum atomic E-state index is -4.62. The van der Waals surface area contributed by atoms with E-state index >= 15 is 0 Å². The number of hydrogen-bond donors (Lipinski definition) is 2. The zero-order valence-corrected chi connectivity index (χ0v) is 15.5. The van der Waals surface area contributed by atoms with Crippen molar-refractivity contribution in [3.63, 3.8) is 0 Å². The molecule has 0 fully saturated rings. The minimum Gasteiger partial charge on any atom is -0.282 e. The van der Waals surface area contributed by atoms with Gasteiger partial charge in [-0.05, 0) is 47.2 Å². The molecule has 2 N–H and O–H groups in total. The molecule has 0 atom stereocenters. The molecule has 0 spiro atoms. The number of rotatable bonds is 7. The van der Waals surface area contributed by atoms with Crippen LogP contribution in [0.4, 0.5) is 11.4 Å². The summed E-state index contributed by atoms with van der Waals surface area (Å²) in [7, 11) is -9.25. The molecular weight excluding hydrogens is 412 g/mol. The Morgan fingerprint density at radius 3 is 1.39 bits per heavy atom. The summed E-state index contributed by atoms with van der Waals surface area (Å²) in [6, 6.07) is 7.70. The Bertz CT molecular complexity index is 1130. The van der Waals surface area contributed by atoms with E-state index in [1.54, 1.807) is 0 Å². The molecule has 0 saturated heterocycles. The molecule has 14 heteroatoms. The lowest BCUT2D eigenvalue weighted by Gasteiger charge is -2.08. The second-order valence-corrected chi connectivity index (χ2v) is 8.21. The molecule has 0 bridgehead atoms. The van der Waals surface area contributed by atoms with Crippen molar-refractivity contribution in [1.82, 2.24) is 0 Å². The number of hydrogen-bond acceptors (Lipinski definition) is 6. The van der Waals surface area contributed by atoms with Crippen LogP contribution in [0.15, 0.2) is 56.4 Å². The molecule has 2 rings (SSSR count). The Balaban J connectivity index is 2.37. The molecular formula is C14H12N6O6S2. The monoisotopic (exact) mass is 424 g/mol. The van der Waals surface area contributed by atoms with Gasteiger partial charge in [0.25, 0.3) is 20.2 Å². The highest BCUT2D eigenvalue weighted by atomic mass is 32.2. The normalized spacial score (nSPS) is 11.4. The van der Waals surface area contributed by atoms with Crippen molar-refractivity contribution in [3.8, 4) is 0 Å². The Kier molecular flexibility index (Phi) is 6.26. The lowest BCUT2D eigenvalue weighted by atomic mass is 10.0. The van der Waals surface area contributed by atoms with Crippen LogP contribution in [0.5, 0.6) is 0 Å². The summed E-state index contributed by atoms with van der Waals surface area (Å²) < 4.78 is 64.3. The van der Waals surface area contributed by atoms with E-state index in [0.29, 0.717) is 11.1 Å². The first-order valence-corrected chi connectivity index (χ1v) is 10.3. The maximum Gasteiger partial charge on any atom is 0.294 e. The van der Waals surface area contributed by atoms with Crippen molar-refractivity contribution in [2.24, 2.45) is 10.2 Å². The first-order valence-electron chi connectivity index (χ1n) is 7.37. The Hall–Kier alpha value is -3.12. The average molecular weight is 424 g/mol. The molecule has 0 aliphatic rings. The van der Waals surface area contributed by atoms with E-state index < -0.39 is 30.0 Å². The molecule has 0 aliphatic carbocycles. The fourth-order valence-electron chi connectivity index (χ4n) is 2.39. The number of benzene rings is 2. The third-order valence-electron chi connectivity index (χ3n) is 3.61. The van der Waals surface area contributed by atoms with Crippen molar-refractivity contribution >= 4 is 31.6 Å². The lowest BCUT2D eigenvalue weighted by molar-refractivity contribution is 0.481. The number of nitrogens with zero attached hydrogens (tertiary/aromatic N) is 6. The zero-order chi connectivity index (χ0) is 20.9. The quantitative estimate of drug-likeness (QED) is 0.292. The molecule has 0 heterocycles. The molecule has 2 aromatic carbocycles. The summed E-state index contributed by atoms with van der Waals surface area (Å²) in [6.07, 6.45) is 0.454. The fourth-order valence-corrected chi connectivity index (χ4v) is 3.74. The van der Waals surface area contributed by atoms with Gasteiger partial charge in [-0.3, -0.25) is 9.11 Å². The van der Waals surface area contributed by atoms with E-state index in [0.717, 1.165) is 12.1 Å². The Morgan fingerprint density at radius 1 is 0.750 bits per heavy atom. The lowest BCUT2D eigenvalue weighted by Crippen LogP contribution is -2.02. The third kappa shape index (κ3) is 5.20. The summed E-state index contributed by atoms with van der Waals surface area (Å²) in [5.41, 5.74) is 17.3. The van der Waals surface area contributed by atoms with Gasteiger partial charge >= 0.3 is 0 Å². The van der Waals surface area contributed by atoms with Crippen molar-refractivity contribution in [1.29, 1.82) is 0 Å². The third-order valence-corrected chi connectivity index (χ3v) is 5.38. The van der Waals surface area contributed by atoms with Crippen LogP contribution in [0, 0.1) is 0 Å². The highest BCUT2D eigenvalue weighted by molar-refractivity contribution is 7.86. The van der Waals surface area contributed by atoms with Gasteiger partial charge in [0.2, 0.25) is 0 Å². The van der Waals surface area contributed by atoms with E-state index in [1.165, 1.54) is 24.3 Å². The van der Waals surface area contributed by atoms with E-state index in [-0.39, 0.29) is 24.2 Å². The molecule has 0 aromatic heterocycles. The van der Waals surface area contributed by atoms with Gasteiger partial charge in [0, 0.05) is 9.82 Å². The fraction of sp³-hybridized carbons (Fsp3) is 0.143. The standard InChI is InChI=1S/C14H12N6O6S2/c15-19-17-11-5-3-9(7-13(11)27(21,22)23)1-2-10-4-6-12(18-20-16)14(8-10)28(24,25)26/h3-8H,1-2H2,(H,21,22,23)(H,24,25,26). The zero-order valence-electron chi connectivity index (χ0n) is 13.9. The van der Waals surface area contributed by atoms with Gasteiger partial charge in [-0.1, -0.05) is 34.5 Å². The Labute approximate surface area is 159 Å². The maximum atomic E-state index is 11.4. The second kappa shape index (κ2) is 8.27. The molecule has 28 heavy (non-hydrogen) atoms. The molecule has 0 saturated carbocycles. The largest absolute Gasteiger partial charge is 0.294 e. The van der Waals surface area contributed by atoms with Crippen LogP contribution in [0.3, 0.4) is 0 Å². The van der Waals surface area contributed by atoms with Gasteiger partial charge in [-0.2, -0.15) is 16.8 Å². The smallest absolute Gasteiger partial charge is 0.282 e. The van der Waals surface area contributed by atoms with E-state index in [4.69, 9.17) is 11.1 Å². The second-order valence-electron chi connectivity index (χ2n) is 5.43. The first-order chi connectivity index (χ1) is 13.1. The topological polar surface area (TPSA) is 206 Å². The number of azide groups is 2. The summed E-state index contributed by atoms with van der Waals surface area (Å²) >= 11 is 0. The van der Waals surface area contributed by atoms with E-state index in [1.807, 2.05) is 0 Å². The molecule has 0 unspecified atom stereocenters. The van der Waals surface area contributed by atoms with E-state index in [2.05, 4.69) is 20.1 Å². The van der Waals surface area contributed by atoms with Crippen LogP contribution < -0.4 is 0 Å². The van der Waals surface area contributed by atoms with Gasteiger partial charge < -0.3 is 0 Å². The molecule has 12 nitrogen and oxygen atoms in total. The summed E-state index contributed by atoms with van der Waals surface area (Å²) in [5, 5.41) is 6.41. The van der Waals surface area contributed by atoms with Crippen LogP contribution in [0.1, 0.15) is 11.1 Å². The van der Waals surface area contributed by atoms with E-state index in [9.17, 15) is 25.9 Å². The van der Waals surface area contributed by atoms with Gasteiger partial charge in [0.05, 0.1) is 11.4 Å². The van der Waals surface area contributed by atoms with Gasteiger partial charge in [-0.15, -0.1) is 0 Å².